The summed E-state index contributed by atoms with van der Waals surface area (Å²) in [5.41, 5.74) is 0.337. The molecule has 0 aromatic carbocycles. The molecule has 2 aromatic heterocycles. The third-order valence-electron chi connectivity index (χ3n) is 5.01. The van der Waals surface area contributed by atoms with Gasteiger partial charge >= 0.3 is 0 Å². The number of fused-ring (bicyclic) bond motifs is 3. The number of nitrogens with zero attached hydrogens (tertiary/aromatic N) is 3. The highest BCUT2D eigenvalue weighted by molar-refractivity contribution is 7.90. The topological polar surface area (TPSA) is 81.9 Å². The Morgan fingerprint density at radius 2 is 2.05 bits per heavy atom. The number of hydrogen-bond acceptors (Lipinski definition) is 5. The fraction of sp³-hybridized carbons (Fsp3) is 0.533. The SMILES string of the molecule is CS(=O)(=O)c1ncc2ccc(=O)n(C3CC4CCC3C4)c2n1. The predicted molar refractivity (Wildman–Crippen MR) is 81.4 cm³/mol. The van der Waals surface area contributed by atoms with Gasteiger partial charge in [-0.1, -0.05) is 6.42 Å². The van der Waals surface area contributed by atoms with E-state index in [0.717, 1.165) is 25.5 Å². The van der Waals surface area contributed by atoms with Gasteiger partial charge in [-0.15, -0.1) is 0 Å². The molecule has 2 bridgehead atoms. The predicted octanol–water partition coefficient (Wildman–Crippen LogP) is 1.56. The summed E-state index contributed by atoms with van der Waals surface area (Å²) in [6, 6.07) is 3.32. The summed E-state index contributed by atoms with van der Waals surface area (Å²) in [7, 11) is -3.50. The minimum atomic E-state index is -3.50. The van der Waals surface area contributed by atoms with Gasteiger partial charge in [-0.05, 0) is 37.2 Å². The van der Waals surface area contributed by atoms with Gasteiger partial charge in [0, 0.05) is 29.9 Å². The Bertz CT molecular complexity index is 919. The van der Waals surface area contributed by atoms with E-state index in [2.05, 4.69) is 9.97 Å². The summed E-state index contributed by atoms with van der Waals surface area (Å²) in [6.45, 7) is 0. The maximum atomic E-state index is 12.4. The molecule has 0 spiro atoms. The number of pyridine rings is 1. The standard InChI is InChI=1S/C15H17N3O3S/c1-22(20,21)15-16-8-11-4-5-13(19)18(14(11)17-15)12-7-9-2-3-10(12)6-9/h4-5,8-10,12H,2-3,6-7H2,1H3. The van der Waals surface area contributed by atoms with Gasteiger partial charge in [0.25, 0.3) is 5.56 Å². The van der Waals surface area contributed by atoms with Crippen LogP contribution in [0.4, 0.5) is 0 Å². The first kappa shape index (κ1) is 13.9. The third kappa shape index (κ3) is 2.06. The molecule has 3 unspecified atom stereocenters. The molecular weight excluding hydrogens is 302 g/mol. The average molecular weight is 319 g/mol. The molecule has 2 aliphatic rings. The molecular formula is C15H17N3O3S. The molecule has 6 nitrogen and oxygen atoms in total. The molecule has 22 heavy (non-hydrogen) atoms. The first-order valence-electron chi connectivity index (χ1n) is 7.52. The Kier molecular flexibility index (Phi) is 2.91. The number of hydrogen-bond donors (Lipinski definition) is 0. The molecule has 2 heterocycles. The Morgan fingerprint density at radius 1 is 1.23 bits per heavy atom. The Hall–Kier alpha value is -1.76. The van der Waals surface area contributed by atoms with Gasteiger partial charge in [-0.2, -0.15) is 4.98 Å². The second-order valence-corrected chi connectivity index (χ2v) is 8.40. The molecule has 116 valence electrons. The molecule has 0 N–H and O–H groups in total. The molecule has 0 radical (unpaired) electrons. The normalized spacial score (nSPS) is 27.6. The minimum absolute atomic E-state index is 0.108. The molecule has 4 rings (SSSR count). The maximum Gasteiger partial charge on any atom is 0.252 e. The summed E-state index contributed by atoms with van der Waals surface area (Å²) >= 11 is 0. The molecule has 2 saturated carbocycles. The fourth-order valence-electron chi connectivity index (χ4n) is 4.05. The molecule has 2 fully saturated rings. The van der Waals surface area contributed by atoms with E-state index in [1.807, 2.05) is 0 Å². The summed E-state index contributed by atoms with van der Waals surface area (Å²) in [6.07, 6.45) is 7.10. The second-order valence-electron chi connectivity index (χ2n) is 6.49. The van der Waals surface area contributed by atoms with E-state index in [4.69, 9.17) is 0 Å². The zero-order valence-corrected chi connectivity index (χ0v) is 13.1. The smallest absolute Gasteiger partial charge is 0.252 e. The molecule has 0 saturated heterocycles. The van der Waals surface area contributed by atoms with Gasteiger partial charge in [0.05, 0.1) is 0 Å². The van der Waals surface area contributed by atoms with Crippen LogP contribution >= 0.6 is 0 Å². The fourth-order valence-corrected chi connectivity index (χ4v) is 4.55. The first-order valence-corrected chi connectivity index (χ1v) is 9.41. The third-order valence-corrected chi connectivity index (χ3v) is 5.87. The van der Waals surface area contributed by atoms with E-state index in [-0.39, 0.29) is 16.8 Å². The van der Waals surface area contributed by atoms with Crippen LogP contribution in [0.2, 0.25) is 0 Å². The van der Waals surface area contributed by atoms with Crippen molar-refractivity contribution in [2.24, 2.45) is 11.8 Å². The lowest BCUT2D eigenvalue weighted by Crippen LogP contribution is -2.28. The number of sulfone groups is 1. The summed E-state index contributed by atoms with van der Waals surface area (Å²) in [5.74, 6) is 1.19. The molecule has 7 heteroatoms. The molecule has 0 aliphatic heterocycles. The van der Waals surface area contributed by atoms with Crippen molar-refractivity contribution in [2.75, 3.05) is 6.26 Å². The highest BCUT2D eigenvalue weighted by atomic mass is 32.2. The monoisotopic (exact) mass is 319 g/mol. The molecule has 2 aromatic rings. The van der Waals surface area contributed by atoms with Crippen LogP contribution in [0.1, 0.15) is 31.7 Å². The first-order chi connectivity index (χ1) is 10.4. The summed E-state index contributed by atoms with van der Waals surface area (Å²) < 4.78 is 25.1. The van der Waals surface area contributed by atoms with Gasteiger partial charge in [0.15, 0.2) is 0 Å². The Balaban J connectivity index is 1.96. The van der Waals surface area contributed by atoms with Crippen molar-refractivity contribution in [2.45, 2.75) is 36.9 Å². The molecule has 3 atom stereocenters. The Morgan fingerprint density at radius 3 is 2.68 bits per heavy atom. The zero-order valence-electron chi connectivity index (χ0n) is 12.3. The van der Waals surface area contributed by atoms with Crippen molar-refractivity contribution >= 4 is 20.9 Å². The van der Waals surface area contributed by atoms with Crippen LogP contribution in [0.3, 0.4) is 0 Å². The largest absolute Gasteiger partial charge is 0.289 e. The number of aromatic nitrogens is 3. The summed E-state index contributed by atoms with van der Waals surface area (Å²) in [4.78, 5) is 20.5. The quantitative estimate of drug-likeness (QED) is 0.785. The van der Waals surface area contributed by atoms with Crippen molar-refractivity contribution in [3.8, 4) is 0 Å². The van der Waals surface area contributed by atoms with Crippen LogP contribution in [0, 0.1) is 11.8 Å². The van der Waals surface area contributed by atoms with Crippen LogP contribution in [0.5, 0.6) is 0 Å². The lowest BCUT2D eigenvalue weighted by Gasteiger charge is -2.25. The van der Waals surface area contributed by atoms with Crippen molar-refractivity contribution in [1.29, 1.82) is 0 Å². The molecule has 2 aliphatic carbocycles. The van der Waals surface area contributed by atoms with E-state index in [0.29, 0.717) is 22.9 Å². The zero-order chi connectivity index (χ0) is 15.5. The van der Waals surface area contributed by atoms with Gasteiger partial charge < -0.3 is 0 Å². The van der Waals surface area contributed by atoms with Crippen molar-refractivity contribution in [1.82, 2.24) is 14.5 Å². The van der Waals surface area contributed by atoms with E-state index in [1.54, 1.807) is 10.6 Å². The van der Waals surface area contributed by atoms with Gasteiger partial charge in [-0.3, -0.25) is 9.36 Å². The highest BCUT2D eigenvalue weighted by Crippen LogP contribution is 2.50. The van der Waals surface area contributed by atoms with E-state index < -0.39 is 9.84 Å². The van der Waals surface area contributed by atoms with Crippen LogP contribution in [-0.2, 0) is 9.84 Å². The van der Waals surface area contributed by atoms with E-state index in [9.17, 15) is 13.2 Å². The number of rotatable bonds is 2. The van der Waals surface area contributed by atoms with Gasteiger partial charge in [0.2, 0.25) is 15.0 Å². The second kappa shape index (κ2) is 4.62. The average Bonchev–Trinajstić information content (AvgIpc) is 3.08. The lowest BCUT2D eigenvalue weighted by atomic mass is 9.95. The van der Waals surface area contributed by atoms with Gasteiger partial charge in [-0.25, -0.2) is 13.4 Å². The van der Waals surface area contributed by atoms with Crippen LogP contribution in [0.15, 0.2) is 28.3 Å². The van der Waals surface area contributed by atoms with Crippen LogP contribution in [0.25, 0.3) is 11.0 Å². The highest BCUT2D eigenvalue weighted by Gasteiger charge is 2.41. The molecule has 0 amide bonds. The van der Waals surface area contributed by atoms with Crippen LogP contribution < -0.4 is 5.56 Å². The van der Waals surface area contributed by atoms with Crippen molar-refractivity contribution < 1.29 is 8.42 Å². The van der Waals surface area contributed by atoms with E-state index in [1.165, 1.54) is 18.7 Å². The van der Waals surface area contributed by atoms with E-state index >= 15 is 0 Å². The van der Waals surface area contributed by atoms with Crippen LogP contribution in [-0.4, -0.2) is 29.2 Å². The van der Waals surface area contributed by atoms with Crippen molar-refractivity contribution in [3.63, 3.8) is 0 Å². The van der Waals surface area contributed by atoms with Crippen molar-refractivity contribution in [3.05, 3.63) is 28.7 Å². The summed E-state index contributed by atoms with van der Waals surface area (Å²) in [5, 5.41) is 0.484. The lowest BCUT2D eigenvalue weighted by molar-refractivity contribution is 0.329. The maximum absolute atomic E-state index is 12.4. The van der Waals surface area contributed by atoms with Gasteiger partial charge in [0.1, 0.15) is 5.65 Å². The minimum Gasteiger partial charge on any atom is -0.289 e. The Labute approximate surface area is 128 Å².